The lowest BCUT2D eigenvalue weighted by Gasteiger charge is -2.35. The highest BCUT2D eigenvalue weighted by molar-refractivity contribution is 7.88. The van der Waals surface area contributed by atoms with Crippen molar-refractivity contribution in [3.05, 3.63) is 23.8 Å². The Morgan fingerprint density at radius 1 is 1.13 bits per heavy atom. The van der Waals surface area contributed by atoms with Crippen LogP contribution in [0.2, 0.25) is 0 Å². The fraction of sp³-hybridized carbons (Fsp3) is 0.650. The molecule has 0 radical (unpaired) electrons. The number of carbonyl (C=O) groups is 1. The third kappa shape index (κ3) is 6.23. The number of urea groups is 1. The molecule has 1 fully saturated rings. The molecule has 1 aromatic carbocycles. The van der Waals surface area contributed by atoms with E-state index in [-0.39, 0.29) is 6.03 Å². The maximum Gasteiger partial charge on any atom is 0.317 e. The molecule has 1 N–H and O–H groups in total. The van der Waals surface area contributed by atoms with Crippen molar-refractivity contribution in [2.75, 3.05) is 65.3 Å². The smallest absolute Gasteiger partial charge is 0.317 e. The van der Waals surface area contributed by atoms with Gasteiger partial charge in [-0.05, 0) is 24.1 Å². The second kappa shape index (κ2) is 10.3. The quantitative estimate of drug-likeness (QED) is 0.606. The molecular weight excluding hydrogens is 408 g/mol. The standard InChI is InChI=1S/C20H32N4O5S/c1-3-24(30(2,26)27)8-4-7-21-20(25)23-11-9-22(10-12-23)16-17-5-6-18-19(15-17)29-14-13-28-18/h5-6,15H,3-4,7-14,16H2,1-2H3,(H,21,25). The molecule has 2 aliphatic rings. The van der Waals surface area contributed by atoms with E-state index in [1.807, 2.05) is 24.0 Å². The van der Waals surface area contributed by atoms with Crippen LogP contribution in [-0.4, -0.2) is 93.8 Å². The molecular formula is C20H32N4O5S. The van der Waals surface area contributed by atoms with Gasteiger partial charge in [-0.2, -0.15) is 0 Å². The van der Waals surface area contributed by atoms with Gasteiger partial charge in [-0.15, -0.1) is 0 Å². The number of piperazine rings is 1. The van der Waals surface area contributed by atoms with E-state index >= 15 is 0 Å². The minimum Gasteiger partial charge on any atom is -0.486 e. The van der Waals surface area contributed by atoms with E-state index in [0.717, 1.165) is 31.1 Å². The fourth-order valence-corrected chi connectivity index (χ4v) is 4.60. The molecule has 30 heavy (non-hydrogen) atoms. The number of ether oxygens (including phenoxy) is 2. The number of carbonyl (C=O) groups excluding carboxylic acids is 1. The molecule has 0 bridgehead atoms. The molecule has 0 aliphatic carbocycles. The summed E-state index contributed by atoms with van der Waals surface area (Å²) < 4.78 is 35.8. The number of nitrogens with one attached hydrogen (secondary N) is 1. The number of hydrogen-bond acceptors (Lipinski definition) is 6. The summed E-state index contributed by atoms with van der Waals surface area (Å²) in [5.41, 5.74) is 1.17. The van der Waals surface area contributed by atoms with Crippen LogP contribution in [0.5, 0.6) is 11.5 Å². The van der Waals surface area contributed by atoms with Gasteiger partial charge in [0.25, 0.3) is 0 Å². The lowest BCUT2D eigenvalue weighted by molar-refractivity contribution is 0.135. The van der Waals surface area contributed by atoms with Gasteiger partial charge < -0.3 is 19.7 Å². The lowest BCUT2D eigenvalue weighted by Crippen LogP contribution is -2.51. The summed E-state index contributed by atoms with van der Waals surface area (Å²) in [7, 11) is -3.18. The van der Waals surface area contributed by atoms with E-state index in [0.29, 0.717) is 52.4 Å². The zero-order valence-corrected chi connectivity index (χ0v) is 18.6. The molecule has 1 saturated heterocycles. The molecule has 2 amide bonds. The highest BCUT2D eigenvalue weighted by Gasteiger charge is 2.22. The van der Waals surface area contributed by atoms with Crippen LogP contribution < -0.4 is 14.8 Å². The van der Waals surface area contributed by atoms with E-state index < -0.39 is 10.0 Å². The molecule has 0 saturated carbocycles. The van der Waals surface area contributed by atoms with Crippen LogP contribution in [0.1, 0.15) is 18.9 Å². The third-order valence-electron chi connectivity index (χ3n) is 5.35. The van der Waals surface area contributed by atoms with Crippen LogP contribution >= 0.6 is 0 Å². The lowest BCUT2D eigenvalue weighted by atomic mass is 10.1. The first-order chi connectivity index (χ1) is 14.4. The number of hydrogen-bond donors (Lipinski definition) is 1. The largest absolute Gasteiger partial charge is 0.486 e. The van der Waals surface area contributed by atoms with Gasteiger partial charge in [0.15, 0.2) is 11.5 Å². The molecule has 0 unspecified atom stereocenters. The second-order valence-electron chi connectivity index (χ2n) is 7.58. The fourth-order valence-electron chi connectivity index (χ4n) is 3.67. The van der Waals surface area contributed by atoms with E-state index in [4.69, 9.17) is 9.47 Å². The molecule has 10 heteroatoms. The van der Waals surface area contributed by atoms with Crippen molar-refractivity contribution in [2.24, 2.45) is 0 Å². The zero-order chi connectivity index (χ0) is 21.6. The van der Waals surface area contributed by atoms with E-state index in [1.165, 1.54) is 16.1 Å². The van der Waals surface area contributed by atoms with Crippen molar-refractivity contribution in [1.29, 1.82) is 0 Å². The van der Waals surface area contributed by atoms with Gasteiger partial charge in [0.2, 0.25) is 10.0 Å². The van der Waals surface area contributed by atoms with E-state index in [9.17, 15) is 13.2 Å². The average molecular weight is 441 g/mol. The second-order valence-corrected chi connectivity index (χ2v) is 9.56. The molecule has 0 aromatic heterocycles. The minimum atomic E-state index is -3.18. The summed E-state index contributed by atoms with van der Waals surface area (Å²) in [5.74, 6) is 1.60. The Bertz CT molecular complexity index is 824. The number of sulfonamides is 1. The Labute approximate surface area is 179 Å². The molecule has 1 aromatic rings. The third-order valence-corrected chi connectivity index (χ3v) is 6.73. The molecule has 2 heterocycles. The summed E-state index contributed by atoms with van der Waals surface area (Å²) in [4.78, 5) is 16.5. The number of amides is 2. The molecule has 3 rings (SSSR count). The Morgan fingerprint density at radius 2 is 1.83 bits per heavy atom. The predicted octanol–water partition coefficient (Wildman–Crippen LogP) is 0.957. The highest BCUT2D eigenvalue weighted by Crippen LogP contribution is 2.31. The van der Waals surface area contributed by atoms with E-state index in [1.54, 1.807) is 0 Å². The molecule has 2 aliphatic heterocycles. The van der Waals surface area contributed by atoms with Crippen LogP contribution in [-0.2, 0) is 16.6 Å². The highest BCUT2D eigenvalue weighted by atomic mass is 32.2. The van der Waals surface area contributed by atoms with Crippen molar-refractivity contribution in [2.45, 2.75) is 19.9 Å². The minimum absolute atomic E-state index is 0.0867. The van der Waals surface area contributed by atoms with Crippen molar-refractivity contribution in [1.82, 2.24) is 19.4 Å². The van der Waals surface area contributed by atoms with Crippen molar-refractivity contribution in [3.8, 4) is 11.5 Å². The first kappa shape index (κ1) is 22.6. The van der Waals surface area contributed by atoms with Crippen molar-refractivity contribution >= 4 is 16.1 Å². The summed E-state index contributed by atoms with van der Waals surface area (Å²) in [6.07, 6.45) is 1.80. The van der Waals surface area contributed by atoms with Gasteiger partial charge in [0, 0.05) is 52.4 Å². The monoisotopic (exact) mass is 440 g/mol. The maximum absolute atomic E-state index is 12.4. The van der Waals surface area contributed by atoms with Gasteiger partial charge in [0.1, 0.15) is 13.2 Å². The van der Waals surface area contributed by atoms with Crippen molar-refractivity contribution in [3.63, 3.8) is 0 Å². The Balaban J connectivity index is 1.37. The van der Waals surface area contributed by atoms with Crippen LogP contribution in [0.4, 0.5) is 4.79 Å². The van der Waals surface area contributed by atoms with Crippen molar-refractivity contribution < 1.29 is 22.7 Å². The van der Waals surface area contributed by atoms with Crippen LogP contribution in [0.25, 0.3) is 0 Å². The number of rotatable bonds is 8. The van der Waals surface area contributed by atoms with Crippen LogP contribution in [0, 0.1) is 0 Å². The van der Waals surface area contributed by atoms with Gasteiger partial charge in [-0.1, -0.05) is 13.0 Å². The average Bonchev–Trinajstić information content (AvgIpc) is 2.73. The summed E-state index contributed by atoms with van der Waals surface area (Å²) >= 11 is 0. The Morgan fingerprint density at radius 3 is 2.50 bits per heavy atom. The molecule has 0 spiro atoms. The van der Waals surface area contributed by atoms with Crippen LogP contribution in [0.15, 0.2) is 18.2 Å². The van der Waals surface area contributed by atoms with Gasteiger partial charge in [0.05, 0.1) is 6.26 Å². The predicted molar refractivity (Wildman–Crippen MR) is 114 cm³/mol. The van der Waals surface area contributed by atoms with E-state index in [2.05, 4.69) is 16.3 Å². The topological polar surface area (TPSA) is 91.4 Å². The number of nitrogens with zero attached hydrogens (tertiary/aromatic N) is 3. The Hall–Kier alpha value is -2.04. The molecule has 168 valence electrons. The first-order valence-electron chi connectivity index (χ1n) is 10.5. The Kier molecular flexibility index (Phi) is 7.79. The number of fused-ring (bicyclic) bond motifs is 1. The maximum atomic E-state index is 12.4. The number of benzene rings is 1. The molecule has 9 nitrogen and oxygen atoms in total. The SMILES string of the molecule is CCN(CCCNC(=O)N1CCN(Cc2ccc3c(c2)OCCO3)CC1)S(C)(=O)=O. The zero-order valence-electron chi connectivity index (χ0n) is 17.8. The molecule has 0 atom stereocenters. The van der Waals surface area contributed by atoms with Gasteiger partial charge >= 0.3 is 6.03 Å². The van der Waals surface area contributed by atoms with Gasteiger partial charge in [-0.3, -0.25) is 4.90 Å². The summed E-state index contributed by atoms with van der Waals surface area (Å²) in [5, 5.41) is 2.90. The summed E-state index contributed by atoms with van der Waals surface area (Å²) in [6.45, 7) is 8.05. The first-order valence-corrected chi connectivity index (χ1v) is 12.3. The van der Waals surface area contributed by atoms with Crippen LogP contribution in [0.3, 0.4) is 0 Å². The normalized spacial score (nSPS) is 17.2. The summed E-state index contributed by atoms with van der Waals surface area (Å²) in [6, 6.07) is 5.96. The van der Waals surface area contributed by atoms with Gasteiger partial charge in [-0.25, -0.2) is 17.5 Å².